The van der Waals surface area contributed by atoms with Gasteiger partial charge in [0.25, 0.3) is 5.17 Å². The summed E-state index contributed by atoms with van der Waals surface area (Å²) in [5.74, 6) is 1.37. The number of hydrogen-bond acceptors (Lipinski definition) is 3. The Morgan fingerprint density at radius 1 is 1.32 bits per heavy atom. The Labute approximate surface area is 137 Å². The maximum atomic E-state index is 5.69. The summed E-state index contributed by atoms with van der Waals surface area (Å²) >= 11 is 5.18. The van der Waals surface area contributed by atoms with Gasteiger partial charge < -0.3 is 9.64 Å². The van der Waals surface area contributed by atoms with Gasteiger partial charge in [-0.15, -0.1) is 0 Å². The third kappa shape index (κ3) is 4.07. The highest BCUT2D eigenvalue weighted by molar-refractivity contribution is 7.80. The maximum Gasteiger partial charge on any atom is 0.264 e. The predicted molar refractivity (Wildman–Crippen MR) is 94.2 cm³/mol. The third-order valence-electron chi connectivity index (χ3n) is 3.26. The molecule has 0 fully saturated rings. The van der Waals surface area contributed by atoms with Gasteiger partial charge in [-0.25, -0.2) is 0 Å². The molecule has 22 heavy (non-hydrogen) atoms. The largest absolute Gasteiger partial charge is 0.432 e. The molecule has 1 aromatic heterocycles. The van der Waals surface area contributed by atoms with Crippen molar-refractivity contribution in [1.82, 2.24) is 14.7 Å². The first-order valence-electron chi connectivity index (χ1n) is 7.39. The summed E-state index contributed by atoms with van der Waals surface area (Å²) in [6.07, 6.45) is 3.99. The summed E-state index contributed by atoms with van der Waals surface area (Å²) in [4.78, 5) is 1.78. The number of aryl methyl sites for hydroxylation is 1. The summed E-state index contributed by atoms with van der Waals surface area (Å²) in [5.41, 5.74) is 3.31. The lowest BCUT2D eigenvalue weighted by Gasteiger charge is -2.15. The van der Waals surface area contributed by atoms with Gasteiger partial charge in [0.1, 0.15) is 5.75 Å². The monoisotopic (exact) mass is 317 g/mol. The van der Waals surface area contributed by atoms with E-state index in [1.807, 2.05) is 44.0 Å². The Morgan fingerprint density at radius 2 is 2.05 bits per heavy atom. The molecule has 1 aromatic carbocycles. The van der Waals surface area contributed by atoms with Gasteiger partial charge in [-0.05, 0) is 48.3 Å². The van der Waals surface area contributed by atoms with Crippen LogP contribution < -0.4 is 4.74 Å². The van der Waals surface area contributed by atoms with Crippen molar-refractivity contribution in [3.8, 4) is 16.9 Å². The highest BCUT2D eigenvalue weighted by Crippen LogP contribution is 2.26. The minimum atomic E-state index is 0.459. The lowest BCUT2D eigenvalue weighted by Crippen LogP contribution is -2.25. The molecule has 0 aliphatic heterocycles. The average molecular weight is 317 g/mol. The number of nitrogens with zero attached hydrogens (tertiary/aromatic N) is 3. The molecule has 4 nitrogen and oxygen atoms in total. The Balaban J connectivity index is 2.18. The molecule has 118 valence electrons. The van der Waals surface area contributed by atoms with Gasteiger partial charge in [-0.1, -0.05) is 19.9 Å². The average Bonchev–Trinajstić information content (AvgIpc) is 2.88. The van der Waals surface area contributed by atoms with E-state index in [1.165, 1.54) is 0 Å². The van der Waals surface area contributed by atoms with E-state index in [0.717, 1.165) is 29.0 Å². The van der Waals surface area contributed by atoms with Gasteiger partial charge in [0.15, 0.2) is 0 Å². The van der Waals surface area contributed by atoms with Crippen LogP contribution in [0, 0.1) is 12.8 Å². The van der Waals surface area contributed by atoms with E-state index in [2.05, 4.69) is 31.2 Å². The Morgan fingerprint density at radius 3 is 2.64 bits per heavy atom. The van der Waals surface area contributed by atoms with Crippen LogP contribution in [0.1, 0.15) is 19.4 Å². The quantitative estimate of drug-likeness (QED) is 0.804. The van der Waals surface area contributed by atoms with Crippen molar-refractivity contribution in [2.45, 2.75) is 27.3 Å². The fraction of sp³-hybridized carbons (Fsp3) is 0.412. The number of hydrogen-bond donors (Lipinski definition) is 0. The minimum absolute atomic E-state index is 0.459. The Bertz CT molecular complexity index is 662. The molecule has 0 N–H and O–H groups in total. The van der Waals surface area contributed by atoms with Gasteiger partial charge in [-0.2, -0.15) is 5.10 Å². The van der Waals surface area contributed by atoms with Crippen molar-refractivity contribution in [1.29, 1.82) is 0 Å². The number of thiocarbonyl (C=S) groups is 1. The molecule has 0 aliphatic rings. The van der Waals surface area contributed by atoms with E-state index in [0.29, 0.717) is 11.1 Å². The summed E-state index contributed by atoms with van der Waals surface area (Å²) in [6, 6.07) is 6.10. The molecule has 0 spiro atoms. The lowest BCUT2D eigenvalue weighted by molar-refractivity contribution is 0.447. The van der Waals surface area contributed by atoms with Crippen molar-refractivity contribution >= 4 is 17.4 Å². The van der Waals surface area contributed by atoms with Crippen molar-refractivity contribution in [3.63, 3.8) is 0 Å². The van der Waals surface area contributed by atoms with Crippen LogP contribution in [0.15, 0.2) is 30.6 Å². The summed E-state index contributed by atoms with van der Waals surface area (Å²) in [5, 5.41) is 4.87. The number of aromatic nitrogens is 2. The van der Waals surface area contributed by atoms with E-state index in [-0.39, 0.29) is 0 Å². The fourth-order valence-electron chi connectivity index (χ4n) is 2.12. The minimum Gasteiger partial charge on any atom is -0.432 e. The molecule has 0 unspecified atom stereocenters. The number of rotatable bonds is 4. The van der Waals surface area contributed by atoms with Crippen LogP contribution in [-0.4, -0.2) is 34.0 Å². The second-order valence-electron chi connectivity index (χ2n) is 6.09. The van der Waals surface area contributed by atoms with Gasteiger partial charge in [0.2, 0.25) is 0 Å². The topological polar surface area (TPSA) is 30.3 Å². The summed E-state index contributed by atoms with van der Waals surface area (Å²) in [6.45, 7) is 7.32. The molecule has 0 aliphatic carbocycles. The second kappa shape index (κ2) is 6.92. The van der Waals surface area contributed by atoms with Gasteiger partial charge in [-0.3, -0.25) is 4.68 Å². The van der Waals surface area contributed by atoms with E-state index < -0.39 is 0 Å². The van der Waals surface area contributed by atoms with Crippen LogP contribution >= 0.6 is 12.2 Å². The smallest absolute Gasteiger partial charge is 0.264 e. The first-order chi connectivity index (χ1) is 10.4. The molecular formula is C17H23N3OS. The van der Waals surface area contributed by atoms with Crippen LogP contribution in [0.25, 0.3) is 11.1 Å². The molecule has 0 bridgehead atoms. The van der Waals surface area contributed by atoms with Crippen LogP contribution in [0.2, 0.25) is 0 Å². The molecule has 0 radical (unpaired) electrons. The SMILES string of the molecule is Cc1cc(-c2cnn(CC(C)C)c2)ccc1OC(=S)N(C)C. The zero-order valence-corrected chi connectivity index (χ0v) is 14.6. The maximum absolute atomic E-state index is 5.69. The third-order valence-corrected chi connectivity index (χ3v) is 3.70. The summed E-state index contributed by atoms with van der Waals surface area (Å²) in [7, 11) is 3.74. The standard InChI is InChI=1S/C17H23N3OS/c1-12(2)10-20-11-15(9-18-20)14-6-7-16(13(3)8-14)21-17(22)19(4)5/h6-9,11-12H,10H2,1-5H3. The molecule has 5 heteroatoms. The van der Waals surface area contributed by atoms with Crippen molar-refractivity contribution in [3.05, 3.63) is 36.2 Å². The first kappa shape index (κ1) is 16.5. The van der Waals surface area contributed by atoms with E-state index >= 15 is 0 Å². The lowest BCUT2D eigenvalue weighted by atomic mass is 10.1. The van der Waals surface area contributed by atoms with Crippen LogP contribution in [0.4, 0.5) is 0 Å². The number of ether oxygens (including phenoxy) is 1. The Hall–Kier alpha value is -1.88. The van der Waals surface area contributed by atoms with Gasteiger partial charge >= 0.3 is 0 Å². The number of benzene rings is 1. The first-order valence-corrected chi connectivity index (χ1v) is 7.80. The normalized spacial score (nSPS) is 10.8. The zero-order valence-electron chi connectivity index (χ0n) is 13.8. The molecule has 2 rings (SSSR count). The van der Waals surface area contributed by atoms with Crippen LogP contribution in [0.5, 0.6) is 5.75 Å². The molecule has 0 amide bonds. The molecule has 0 saturated heterocycles. The molecule has 2 aromatic rings. The highest BCUT2D eigenvalue weighted by atomic mass is 32.1. The molecule has 0 atom stereocenters. The van der Waals surface area contributed by atoms with Crippen molar-refractivity contribution in [2.75, 3.05) is 14.1 Å². The molecule has 0 saturated carbocycles. The molecular weight excluding hydrogens is 294 g/mol. The summed E-state index contributed by atoms with van der Waals surface area (Å²) < 4.78 is 7.68. The van der Waals surface area contributed by atoms with E-state index in [9.17, 15) is 0 Å². The predicted octanol–water partition coefficient (Wildman–Crippen LogP) is 3.74. The van der Waals surface area contributed by atoms with Gasteiger partial charge in [0, 0.05) is 32.4 Å². The van der Waals surface area contributed by atoms with E-state index in [1.54, 1.807) is 4.90 Å². The van der Waals surface area contributed by atoms with Gasteiger partial charge in [0.05, 0.1) is 6.20 Å². The zero-order chi connectivity index (χ0) is 16.3. The fourth-order valence-corrected chi connectivity index (χ4v) is 2.21. The van der Waals surface area contributed by atoms with Crippen molar-refractivity contribution < 1.29 is 4.74 Å². The second-order valence-corrected chi connectivity index (χ2v) is 6.44. The molecule has 1 heterocycles. The van der Waals surface area contributed by atoms with Crippen LogP contribution in [-0.2, 0) is 6.54 Å². The Kier molecular flexibility index (Phi) is 5.19. The highest BCUT2D eigenvalue weighted by Gasteiger charge is 2.09. The van der Waals surface area contributed by atoms with E-state index in [4.69, 9.17) is 17.0 Å². The van der Waals surface area contributed by atoms with Crippen LogP contribution in [0.3, 0.4) is 0 Å². The van der Waals surface area contributed by atoms with Crippen molar-refractivity contribution in [2.24, 2.45) is 5.92 Å².